The van der Waals surface area contributed by atoms with Gasteiger partial charge in [0.15, 0.2) is 0 Å². The number of benzene rings is 6. The largest absolute Gasteiger partial charge is 0.309 e. The number of nitrogens with zero attached hydrogens (tertiary/aromatic N) is 1. The summed E-state index contributed by atoms with van der Waals surface area (Å²) in [5.74, 6) is 0. The molecule has 36 heavy (non-hydrogen) atoms. The van der Waals surface area contributed by atoms with Crippen molar-refractivity contribution >= 4 is 32.6 Å². The molecule has 0 saturated heterocycles. The van der Waals surface area contributed by atoms with Gasteiger partial charge in [-0.25, -0.2) is 0 Å². The van der Waals surface area contributed by atoms with E-state index >= 15 is 0 Å². The second-order valence-corrected chi connectivity index (χ2v) is 9.53. The van der Waals surface area contributed by atoms with Crippen LogP contribution in [0, 0.1) is 6.92 Å². The molecule has 170 valence electrons. The molecule has 1 nitrogen and oxygen atoms in total. The predicted molar refractivity (Wildman–Crippen MR) is 154 cm³/mol. The minimum absolute atomic E-state index is 1.22. The molecule has 0 atom stereocenters. The van der Waals surface area contributed by atoms with E-state index < -0.39 is 0 Å². The normalized spacial score (nSPS) is 11.5. The number of aromatic nitrogens is 1. The standard InChI is InChI=1S/C35H25N/c1-24-13-15-25(16-14-24)26-17-19-27(20-18-26)29-21-22-35-32(23-29)31-10-4-5-11-34(31)36(35)33-12-6-8-28-7-2-3-9-30(28)33/h2-23H,1H3. The van der Waals surface area contributed by atoms with Gasteiger partial charge in [-0.05, 0) is 58.8 Å². The van der Waals surface area contributed by atoms with Gasteiger partial charge in [-0.2, -0.15) is 0 Å². The molecule has 0 saturated carbocycles. The molecular formula is C35H25N. The zero-order valence-electron chi connectivity index (χ0n) is 20.1. The Labute approximate surface area is 210 Å². The maximum absolute atomic E-state index is 2.41. The van der Waals surface area contributed by atoms with Gasteiger partial charge in [-0.3, -0.25) is 0 Å². The Kier molecular flexibility index (Phi) is 4.75. The van der Waals surface area contributed by atoms with E-state index in [0.29, 0.717) is 0 Å². The molecule has 0 aliphatic heterocycles. The number of rotatable bonds is 3. The van der Waals surface area contributed by atoms with Crippen LogP contribution in [0.3, 0.4) is 0 Å². The van der Waals surface area contributed by atoms with Crippen molar-refractivity contribution in [3.05, 3.63) is 139 Å². The minimum Gasteiger partial charge on any atom is -0.309 e. The van der Waals surface area contributed by atoms with E-state index in [-0.39, 0.29) is 0 Å². The van der Waals surface area contributed by atoms with Gasteiger partial charge in [0.2, 0.25) is 0 Å². The minimum atomic E-state index is 1.22. The van der Waals surface area contributed by atoms with E-state index in [0.717, 1.165) is 0 Å². The van der Waals surface area contributed by atoms with Crippen LogP contribution in [0.4, 0.5) is 0 Å². The van der Waals surface area contributed by atoms with Crippen LogP contribution in [0.25, 0.3) is 60.5 Å². The Bertz CT molecular complexity index is 1860. The van der Waals surface area contributed by atoms with E-state index in [2.05, 4.69) is 145 Å². The lowest BCUT2D eigenvalue weighted by atomic mass is 9.98. The summed E-state index contributed by atoms with van der Waals surface area (Å²) in [7, 11) is 0. The third kappa shape index (κ3) is 3.32. The third-order valence-corrected chi connectivity index (χ3v) is 7.28. The number of para-hydroxylation sites is 1. The van der Waals surface area contributed by atoms with Gasteiger partial charge < -0.3 is 4.57 Å². The van der Waals surface area contributed by atoms with Crippen LogP contribution >= 0.6 is 0 Å². The molecule has 0 amide bonds. The average Bonchev–Trinajstić information content (AvgIpc) is 3.27. The predicted octanol–water partition coefficient (Wildman–Crippen LogP) is 9.58. The number of hydrogen-bond acceptors (Lipinski definition) is 0. The molecule has 1 heteroatoms. The van der Waals surface area contributed by atoms with Crippen LogP contribution in [0.5, 0.6) is 0 Å². The second-order valence-electron chi connectivity index (χ2n) is 9.53. The number of hydrogen-bond donors (Lipinski definition) is 0. The molecule has 0 aliphatic carbocycles. The fourth-order valence-electron chi connectivity index (χ4n) is 5.42. The summed E-state index contributed by atoms with van der Waals surface area (Å²) < 4.78 is 2.41. The molecule has 0 N–H and O–H groups in total. The van der Waals surface area contributed by atoms with E-state index in [9.17, 15) is 0 Å². The van der Waals surface area contributed by atoms with Gasteiger partial charge in [0.05, 0.1) is 16.7 Å². The second kappa shape index (κ2) is 8.25. The zero-order chi connectivity index (χ0) is 24.1. The van der Waals surface area contributed by atoms with Gasteiger partial charge in [0.1, 0.15) is 0 Å². The van der Waals surface area contributed by atoms with Crippen LogP contribution in [-0.4, -0.2) is 4.57 Å². The Balaban J connectivity index is 1.39. The van der Waals surface area contributed by atoms with Crippen molar-refractivity contribution in [1.29, 1.82) is 0 Å². The summed E-state index contributed by atoms with van der Waals surface area (Å²) in [6.07, 6.45) is 0. The highest BCUT2D eigenvalue weighted by Crippen LogP contribution is 2.37. The molecule has 0 radical (unpaired) electrons. The van der Waals surface area contributed by atoms with Crippen molar-refractivity contribution in [1.82, 2.24) is 4.57 Å². The summed E-state index contributed by atoms with van der Waals surface area (Å²) in [5, 5.41) is 5.07. The zero-order valence-corrected chi connectivity index (χ0v) is 20.1. The number of fused-ring (bicyclic) bond motifs is 4. The van der Waals surface area contributed by atoms with Gasteiger partial charge in [0, 0.05) is 16.2 Å². The van der Waals surface area contributed by atoms with Gasteiger partial charge in [-0.1, -0.05) is 115 Å². The van der Waals surface area contributed by atoms with Crippen LogP contribution in [-0.2, 0) is 0 Å². The van der Waals surface area contributed by atoms with Gasteiger partial charge >= 0.3 is 0 Å². The molecule has 0 unspecified atom stereocenters. The molecule has 7 rings (SSSR count). The molecule has 0 aliphatic rings. The van der Waals surface area contributed by atoms with E-state index in [1.807, 2.05) is 0 Å². The lowest BCUT2D eigenvalue weighted by Gasteiger charge is -2.12. The first-order chi connectivity index (χ1) is 17.8. The highest BCUT2D eigenvalue weighted by atomic mass is 15.0. The average molecular weight is 460 g/mol. The van der Waals surface area contributed by atoms with Crippen molar-refractivity contribution in [2.45, 2.75) is 6.92 Å². The molecule has 0 bridgehead atoms. The summed E-state index contributed by atoms with van der Waals surface area (Å²) in [6.45, 7) is 2.13. The van der Waals surface area contributed by atoms with Crippen molar-refractivity contribution in [2.24, 2.45) is 0 Å². The van der Waals surface area contributed by atoms with Gasteiger partial charge in [0.25, 0.3) is 0 Å². The Hall–Kier alpha value is -4.62. The van der Waals surface area contributed by atoms with E-state index in [1.165, 1.54) is 66.1 Å². The summed E-state index contributed by atoms with van der Waals surface area (Å²) in [6, 6.07) is 48.5. The van der Waals surface area contributed by atoms with Crippen molar-refractivity contribution in [3.63, 3.8) is 0 Å². The summed E-state index contributed by atoms with van der Waals surface area (Å²) in [4.78, 5) is 0. The molecule has 1 aromatic heterocycles. The quantitative estimate of drug-likeness (QED) is 0.248. The van der Waals surface area contributed by atoms with Crippen molar-refractivity contribution in [3.8, 4) is 27.9 Å². The van der Waals surface area contributed by atoms with Crippen molar-refractivity contribution in [2.75, 3.05) is 0 Å². The SMILES string of the molecule is Cc1ccc(-c2ccc(-c3ccc4c(c3)c3ccccc3n4-c3cccc4ccccc34)cc2)cc1. The van der Waals surface area contributed by atoms with Crippen LogP contribution in [0.1, 0.15) is 5.56 Å². The molecule has 0 spiro atoms. The van der Waals surface area contributed by atoms with E-state index in [4.69, 9.17) is 0 Å². The monoisotopic (exact) mass is 459 g/mol. The maximum Gasteiger partial charge on any atom is 0.0541 e. The van der Waals surface area contributed by atoms with Crippen molar-refractivity contribution < 1.29 is 0 Å². The third-order valence-electron chi connectivity index (χ3n) is 7.28. The summed E-state index contributed by atoms with van der Waals surface area (Å²) in [5.41, 5.74) is 9.92. The number of aryl methyl sites for hydroxylation is 1. The van der Waals surface area contributed by atoms with E-state index in [1.54, 1.807) is 0 Å². The lowest BCUT2D eigenvalue weighted by molar-refractivity contribution is 1.20. The van der Waals surface area contributed by atoms with Crippen LogP contribution in [0.15, 0.2) is 133 Å². The molecule has 7 aromatic rings. The Morgan fingerprint density at radius 3 is 1.75 bits per heavy atom. The topological polar surface area (TPSA) is 4.93 Å². The highest BCUT2D eigenvalue weighted by molar-refractivity contribution is 6.11. The Morgan fingerprint density at radius 1 is 0.417 bits per heavy atom. The highest BCUT2D eigenvalue weighted by Gasteiger charge is 2.14. The fraction of sp³-hybridized carbons (Fsp3) is 0.0286. The lowest BCUT2D eigenvalue weighted by Crippen LogP contribution is -1.95. The first-order valence-corrected chi connectivity index (χ1v) is 12.5. The smallest absolute Gasteiger partial charge is 0.0541 e. The molecule has 6 aromatic carbocycles. The maximum atomic E-state index is 2.41. The first-order valence-electron chi connectivity index (χ1n) is 12.5. The first kappa shape index (κ1) is 20.7. The molecular weight excluding hydrogens is 434 g/mol. The molecule has 0 fully saturated rings. The Morgan fingerprint density at radius 2 is 0.972 bits per heavy atom. The van der Waals surface area contributed by atoms with Crippen LogP contribution in [0.2, 0.25) is 0 Å². The van der Waals surface area contributed by atoms with Crippen LogP contribution < -0.4 is 0 Å². The van der Waals surface area contributed by atoms with Gasteiger partial charge in [-0.15, -0.1) is 0 Å². The summed E-state index contributed by atoms with van der Waals surface area (Å²) >= 11 is 0. The fourth-order valence-corrected chi connectivity index (χ4v) is 5.42. The molecule has 1 heterocycles.